The number of nitrogens with zero attached hydrogens (tertiary/aromatic N) is 1. The third kappa shape index (κ3) is 22.7. The molecule has 246 valence electrons. The minimum Gasteiger partial charge on any atom is -0.459 e. The Labute approximate surface area is 261 Å². The van der Waals surface area contributed by atoms with Crippen LogP contribution in [0.2, 0.25) is 25.7 Å². The van der Waals surface area contributed by atoms with Crippen LogP contribution in [0.3, 0.4) is 0 Å². The van der Waals surface area contributed by atoms with Crippen molar-refractivity contribution in [2.24, 2.45) is 5.73 Å². The Morgan fingerprint density at radius 3 is 2.07 bits per heavy atom. The summed E-state index contributed by atoms with van der Waals surface area (Å²) in [6.45, 7) is 14.5. The molecule has 0 saturated heterocycles. The number of non-ortho nitro benzene ring substituents is 1. The molecular weight excluding hydrogens is 586 g/mol. The van der Waals surface area contributed by atoms with E-state index in [1.165, 1.54) is 31.2 Å². The van der Waals surface area contributed by atoms with Gasteiger partial charge in [-0.25, -0.2) is 4.79 Å². The van der Waals surface area contributed by atoms with Crippen molar-refractivity contribution in [2.75, 3.05) is 13.2 Å². The van der Waals surface area contributed by atoms with Gasteiger partial charge in [0, 0.05) is 40.3 Å². The average molecular weight is 636 g/mol. The van der Waals surface area contributed by atoms with Gasteiger partial charge in [0.2, 0.25) is 0 Å². The summed E-state index contributed by atoms with van der Waals surface area (Å²) in [5, 5.41) is 21.3. The third-order valence-corrected chi connectivity index (χ3v) is 7.03. The topological polar surface area (TPSA) is 180 Å². The fraction of sp³-hybridized carbons (Fsp3) is 0.516. The average Bonchev–Trinajstić information content (AvgIpc) is 2.91. The van der Waals surface area contributed by atoms with Crippen LogP contribution in [-0.2, 0) is 25.7 Å². The zero-order valence-corrected chi connectivity index (χ0v) is 28.0. The van der Waals surface area contributed by atoms with E-state index in [0.29, 0.717) is 25.3 Å². The van der Waals surface area contributed by atoms with E-state index < -0.39 is 42.7 Å². The van der Waals surface area contributed by atoms with Crippen LogP contribution in [0.5, 0.6) is 5.75 Å². The van der Waals surface area contributed by atoms with E-state index in [9.17, 15) is 24.5 Å². The van der Waals surface area contributed by atoms with Gasteiger partial charge in [0.15, 0.2) is 0 Å². The van der Waals surface area contributed by atoms with Gasteiger partial charge in [0.05, 0.1) is 4.92 Å². The predicted octanol–water partition coefficient (Wildman–Crippen LogP) is 5.59. The van der Waals surface area contributed by atoms with Gasteiger partial charge in [0.1, 0.15) is 24.0 Å². The summed E-state index contributed by atoms with van der Waals surface area (Å²) < 4.78 is 15.0. The highest BCUT2D eigenvalue weighted by atomic mass is 28.3. The fourth-order valence-corrected chi connectivity index (χ4v) is 3.76. The number of nitro benzene ring substituents is 1. The number of ether oxygens (including phenoxy) is 3. The predicted molar refractivity (Wildman–Crippen MR) is 172 cm³/mol. The Bertz CT molecular complexity index is 1130. The lowest BCUT2D eigenvalue weighted by Crippen LogP contribution is -2.37. The van der Waals surface area contributed by atoms with Gasteiger partial charge in [-0.1, -0.05) is 50.0 Å². The first kappa shape index (κ1) is 40.2. The van der Waals surface area contributed by atoms with E-state index in [-0.39, 0.29) is 12.3 Å². The Morgan fingerprint density at radius 1 is 1.02 bits per heavy atom. The summed E-state index contributed by atoms with van der Waals surface area (Å²) in [6.07, 6.45) is 1.52. The quantitative estimate of drug-likeness (QED) is 0.0664. The number of nitrogens with two attached hydrogens (primary N) is 1. The van der Waals surface area contributed by atoms with Crippen molar-refractivity contribution in [3.05, 3.63) is 70.3 Å². The van der Waals surface area contributed by atoms with Crippen molar-refractivity contribution in [3.8, 4) is 5.75 Å². The zero-order valence-electron chi connectivity index (χ0n) is 27.0. The molecule has 0 aliphatic rings. The molecule has 0 spiro atoms. The van der Waals surface area contributed by atoms with Gasteiger partial charge in [-0.2, -0.15) is 0 Å². The summed E-state index contributed by atoms with van der Waals surface area (Å²) in [6, 6.07) is 15.2. The molecular formula is C31H49N3O9Si. The number of aliphatic hydroxyl groups excluding tert-OH is 1. The van der Waals surface area contributed by atoms with Crippen LogP contribution in [0.4, 0.5) is 10.5 Å². The summed E-state index contributed by atoms with van der Waals surface area (Å²) in [5.74, 6) is -0.537. The molecule has 12 nitrogen and oxygen atoms in total. The number of alkyl carbamates (subject to hydrolysis) is 1. The number of esters is 2. The van der Waals surface area contributed by atoms with Crippen LogP contribution in [0.1, 0.15) is 52.5 Å². The van der Waals surface area contributed by atoms with Crippen LogP contribution in [0, 0.1) is 10.1 Å². The molecule has 4 N–H and O–H groups in total. The van der Waals surface area contributed by atoms with Crippen molar-refractivity contribution in [2.45, 2.75) is 90.9 Å². The molecule has 1 atom stereocenters. The van der Waals surface area contributed by atoms with Crippen LogP contribution < -0.4 is 15.8 Å². The number of aliphatic hydroxyl groups is 1. The van der Waals surface area contributed by atoms with Gasteiger partial charge < -0.3 is 30.4 Å². The number of unbranched alkanes of at least 4 members (excludes halogenated alkanes) is 1. The first-order valence-corrected chi connectivity index (χ1v) is 18.1. The van der Waals surface area contributed by atoms with Crippen molar-refractivity contribution >= 4 is 31.8 Å². The third-order valence-electron chi connectivity index (χ3n) is 5.30. The first-order chi connectivity index (χ1) is 20.4. The van der Waals surface area contributed by atoms with E-state index in [1.54, 1.807) is 0 Å². The molecule has 0 fully saturated rings. The van der Waals surface area contributed by atoms with Crippen molar-refractivity contribution < 1.29 is 38.6 Å². The van der Waals surface area contributed by atoms with Gasteiger partial charge in [-0.15, -0.1) is 0 Å². The molecule has 0 aliphatic carbocycles. The smallest absolute Gasteiger partial charge is 0.407 e. The number of amides is 1. The number of nitro groups is 1. The SMILES string of the molecule is CC(=O)Oc1ccc([N+](=O)[O-])cc1.CC(C)(C)OC(=O)[C@@H](N)CCCCNC(=O)OCc1ccccc1.C[Si](C)(C)CCO. The fourth-order valence-electron chi connectivity index (χ4n) is 3.09. The number of benzene rings is 2. The molecule has 0 heterocycles. The van der Waals surface area contributed by atoms with Gasteiger partial charge in [-0.3, -0.25) is 19.7 Å². The highest BCUT2D eigenvalue weighted by Gasteiger charge is 2.21. The largest absolute Gasteiger partial charge is 0.459 e. The minimum absolute atomic E-state index is 0.0316. The highest BCUT2D eigenvalue weighted by molar-refractivity contribution is 6.76. The molecule has 44 heavy (non-hydrogen) atoms. The summed E-state index contributed by atoms with van der Waals surface area (Å²) >= 11 is 0. The molecule has 2 aromatic carbocycles. The second-order valence-corrected chi connectivity index (χ2v) is 17.6. The van der Waals surface area contributed by atoms with Gasteiger partial charge in [0.25, 0.3) is 5.69 Å². The number of carbonyl (C=O) groups is 3. The Balaban J connectivity index is 0.000000766. The van der Waals surface area contributed by atoms with Crippen molar-refractivity contribution in [1.29, 1.82) is 0 Å². The molecule has 0 radical (unpaired) electrons. The first-order valence-electron chi connectivity index (χ1n) is 14.4. The van der Waals surface area contributed by atoms with Gasteiger partial charge in [-0.05, 0) is 63.8 Å². The van der Waals surface area contributed by atoms with E-state index in [2.05, 4.69) is 29.7 Å². The molecule has 0 aromatic heterocycles. The molecule has 0 saturated carbocycles. The van der Waals surface area contributed by atoms with Crippen LogP contribution in [0.15, 0.2) is 54.6 Å². The molecule has 0 aliphatic heterocycles. The molecule has 2 rings (SSSR count). The maximum absolute atomic E-state index is 11.7. The van der Waals surface area contributed by atoms with E-state index in [0.717, 1.165) is 24.4 Å². The number of hydrogen-bond donors (Lipinski definition) is 3. The van der Waals surface area contributed by atoms with Gasteiger partial charge >= 0.3 is 18.0 Å². The van der Waals surface area contributed by atoms with E-state index in [1.807, 2.05) is 51.1 Å². The molecule has 0 unspecified atom stereocenters. The Hall–Kier alpha value is -3.81. The summed E-state index contributed by atoms with van der Waals surface area (Å²) in [7, 11) is -0.907. The van der Waals surface area contributed by atoms with Crippen LogP contribution >= 0.6 is 0 Å². The summed E-state index contributed by atoms with van der Waals surface area (Å²) in [5.41, 5.74) is 6.17. The molecule has 0 bridgehead atoms. The zero-order chi connectivity index (χ0) is 33.8. The number of carbonyl (C=O) groups excluding carboxylic acids is 3. The maximum atomic E-state index is 11.7. The number of rotatable bonds is 12. The molecule has 2 aromatic rings. The minimum atomic E-state index is -0.907. The van der Waals surface area contributed by atoms with E-state index in [4.69, 9.17) is 20.3 Å². The Morgan fingerprint density at radius 2 is 1.61 bits per heavy atom. The lowest BCUT2D eigenvalue weighted by molar-refractivity contribution is -0.384. The number of nitrogens with one attached hydrogen (secondary N) is 1. The molecule has 13 heteroatoms. The molecule has 1 amide bonds. The lowest BCUT2D eigenvalue weighted by Gasteiger charge is -2.22. The van der Waals surface area contributed by atoms with E-state index >= 15 is 0 Å². The normalized spacial score (nSPS) is 11.4. The van der Waals surface area contributed by atoms with Crippen LogP contribution in [-0.4, -0.2) is 60.9 Å². The highest BCUT2D eigenvalue weighted by Crippen LogP contribution is 2.17. The monoisotopic (exact) mass is 635 g/mol. The summed E-state index contributed by atoms with van der Waals surface area (Å²) in [4.78, 5) is 43.5. The number of hydrogen-bond acceptors (Lipinski definition) is 10. The second-order valence-electron chi connectivity index (χ2n) is 12.0. The lowest BCUT2D eigenvalue weighted by atomic mass is 10.1. The van der Waals surface area contributed by atoms with Crippen LogP contribution in [0.25, 0.3) is 0 Å². The second kappa shape index (κ2) is 21.0. The Kier molecular flexibility index (Phi) is 19.2. The standard InChI is InChI=1S/C18H28N2O4.C8H7NO4.C5H14OSi/c1-18(2,3)24-16(21)15(19)11-7-8-12-20-17(22)23-13-14-9-5-4-6-10-14;1-6(10)13-8-4-2-7(3-5-8)9(11)12;1-7(2,3)5-4-6/h4-6,9-10,15H,7-8,11-13,19H2,1-3H3,(H,20,22);2-5H,1H3;6H,4-5H2,1-3H3/t15-;;/m0../s1. The maximum Gasteiger partial charge on any atom is 0.407 e. The van der Waals surface area contributed by atoms with Crippen molar-refractivity contribution in [1.82, 2.24) is 5.32 Å². The van der Waals surface area contributed by atoms with Crippen molar-refractivity contribution in [3.63, 3.8) is 0 Å².